The first kappa shape index (κ1) is 12.1. The first-order chi connectivity index (χ1) is 8.70. The topological polar surface area (TPSA) is 38.3 Å². The van der Waals surface area contributed by atoms with Crippen LogP contribution >= 0.6 is 0 Å². The summed E-state index contributed by atoms with van der Waals surface area (Å²) >= 11 is 0. The lowest BCUT2D eigenvalue weighted by Gasteiger charge is -2.10. The van der Waals surface area contributed by atoms with E-state index in [9.17, 15) is 9.18 Å². The molecular formula is C14H12FNO2. The number of carbonyl (C=O) groups is 1. The van der Waals surface area contributed by atoms with Crippen molar-refractivity contribution in [2.24, 2.45) is 0 Å². The highest BCUT2D eigenvalue weighted by Crippen LogP contribution is 2.21. The number of carbonyl (C=O) groups excluding carboxylic acids is 1. The van der Waals surface area contributed by atoms with Crippen molar-refractivity contribution in [3.8, 4) is 0 Å². The van der Waals surface area contributed by atoms with Gasteiger partial charge in [0.15, 0.2) is 0 Å². The molecule has 3 nitrogen and oxygen atoms in total. The van der Waals surface area contributed by atoms with Crippen molar-refractivity contribution in [1.29, 1.82) is 0 Å². The van der Waals surface area contributed by atoms with E-state index >= 15 is 0 Å². The number of esters is 1. The third-order valence-corrected chi connectivity index (χ3v) is 2.44. The number of anilines is 2. The lowest BCUT2D eigenvalue weighted by Crippen LogP contribution is -2.05. The van der Waals surface area contributed by atoms with E-state index < -0.39 is 5.97 Å². The Bertz CT molecular complexity index is 569. The molecule has 2 rings (SSSR count). The molecule has 0 heterocycles. The Labute approximate surface area is 104 Å². The van der Waals surface area contributed by atoms with Crippen molar-refractivity contribution < 1.29 is 13.9 Å². The molecular weight excluding hydrogens is 233 g/mol. The molecule has 4 heteroatoms. The maximum atomic E-state index is 13.1. The van der Waals surface area contributed by atoms with Gasteiger partial charge < -0.3 is 10.1 Å². The Hall–Kier alpha value is -2.36. The fourth-order valence-corrected chi connectivity index (χ4v) is 1.60. The third kappa shape index (κ3) is 2.66. The van der Waals surface area contributed by atoms with E-state index in [0.717, 1.165) is 0 Å². The zero-order valence-electron chi connectivity index (χ0n) is 9.81. The van der Waals surface area contributed by atoms with Crippen molar-refractivity contribution in [1.82, 2.24) is 0 Å². The van der Waals surface area contributed by atoms with Gasteiger partial charge in [-0.3, -0.25) is 0 Å². The van der Waals surface area contributed by atoms with E-state index in [1.807, 2.05) is 0 Å². The van der Waals surface area contributed by atoms with Crippen molar-refractivity contribution >= 4 is 17.3 Å². The Morgan fingerprint density at radius 3 is 2.67 bits per heavy atom. The smallest absolute Gasteiger partial charge is 0.339 e. The molecule has 0 saturated heterocycles. The van der Waals surface area contributed by atoms with Crippen molar-refractivity contribution in [2.75, 3.05) is 12.4 Å². The number of methoxy groups -OCH3 is 1. The van der Waals surface area contributed by atoms with Crippen molar-refractivity contribution in [2.45, 2.75) is 0 Å². The molecule has 0 amide bonds. The lowest BCUT2D eigenvalue weighted by molar-refractivity contribution is 0.0602. The first-order valence-corrected chi connectivity index (χ1v) is 5.40. The van der Waals surface area contributed by atoms with E-state index in [4.69, 9.17) is 0 Å². The minimum Gasteiger partial charge on any atom is -0.465 e. The van der Waals surface area contributed by atoms with Crippen LogP contribution in [0.1, 0.15) is 10.4 Å². The normalized spacial score (nSPS) is 9.89. The summed E-state index contributed by atoms with van der Waals surface area (Å²) < 4.78 is 17.7. The van der Waals surface area contributed by atoms with Crippen LogP contribution in [-0.2, 0) is 4.74 Å². The number of hydrogen-bond donors (Lipinski definition) is 1. The van der Waals surface area contributed by atoms with Crippen LogP contribution in [0.25, 0.3) is 0 Å². The fourth-order valence-electron chi connectivity index (χ4n) is 1.60. The molecule has 0 bridgehead atoms. The number of halogens is 1. The molecule has 0 radical (unpaired) electrons. The van der Waals surface area contributed by atoms with E-state index in [-0.39, 0.29) is 5.82 Å². The van der Waals surface area contributed by atoms with Crippen LogP contribution in [0.2, 0.25) is 0 Å². The maximum Gasteiger partial charge on any atom is 0.339 e. The molecule has 0 fully saturated rings. The van der Waals surface area contributed by atoms with E-state index in [2.05, 4.69) is 10.1 Å². The SMILES string of the molecule is COC(=O)c1ccccc1Nc1cccc(F)c1. The summed E-state index contributed by atoms with van der Waals surface area (Å²) in [6.45, 7) is 0. The molecule has 1 N–H and O–H groups in total. The number of hydrogen-bond acceptors (Lipinski definition) is 3. The minimum atomic E-state index is -0.436. The average Bonchev–Trinajstić information content (AvgIpc) is 2.38. The standard InChI is InChI=1S/C14H12FNO2/c1-18-14(17)12-7-2-3-8-13(12)16-11-6-4-5-10(15)9-11/h2-9,16H,1H3. The molecule has 18 heavy (non-hydrogen) atoms. The summed E-state index contributed by atoms with van der Waals surface area (Å²) in [5, 5.41) is 2.99. The second kappa shape index (κ2) is 5.31. The largest absolute Gasteiger partial charge is 0.465 e. The van der Waals surface area contributed by atoms with Crippen LogP contribution in [0.15, 0.2) is 48.5 Å². The zero-order chi connectivity index (χ0) is 13.0. The molecule has 0 unspecified atom stereocenters. The van der Waals surface area contributed by atoms with E-state index in [1.54, 1.807) is 36.4 Å². The monoisotopic (exact) mass is 245 g/mol. The molecule has 0 saturated carbocycles. The molecule has 2 aromatic carbocycles. The average molecular weight is 245 g/mol. The Morgan fingerprint density at radius 2 is 1.94 bits per heavy atom. The van der Waals surface area contributed by atoms with Crippen LogP contribution in [0.5, 0.6) is 0 Å². The van der Waals surface area contributed by atoms with E-state index in [0.29, 0.717) is 16.9 Å². The van der Waals surface area contributed by atoms with Gasteiger partial charge in [0, 0.05) is 5.69 Å². The first-order valence-electron chi connectivity index (χ1n) is 5.40. The van der Waals surface area contributed by atoms with Gasteiger partial charge in [-0.1, -0.05) is 18.2 Å². The van der Waals surface area contributed by atoms with Gasteiger partial charge in [-0.25, -0.2) is 9.18 Å². The summed E-state index contributed by atoms with van der Waals surface area (Å²) in [5.41, 5.74) is 1.56. The number of nitrogens with one attached hydrogen (secondary N) is 1. The molecule has 0 aromatic heterocycles. The number of benzene rings is 2. The Kier molecular flexibility index (Phi) is 3.57. The summed E-state index contributed by atoms with van der Waals surface area (Å²) in [6, 6.07) is 12.9. The highest BCUT2D eigenvalue weighted by Gasteiger charge is 2.10. The van der Waals surface area contributed by atoms with Gasteiger partial charge in [0.1, 0.15) is 5.82 Å². The van der Waals surface area contributed by atoms with Gasteiger partial charge in [-0.15, -0.1) is 0 Å². The number of ether oxygens (including phenoxy) is 1. The van der Waals surface area contributed by atoms with Gasteiger partial charge in [0.25, 0.3) is 0 Å². The highest BCUT2D eigenvalue weighted by molar-refractivity contribution is 5.96. The van der Waals surface area contributed by atoms with Crippen LogP contribution in [-0.4, -0.2) is 13.1 Å². The molecule has 0 aliphatic heterocycles. The molecule has 92 valence electrons. The van der Waals surface area contributed by atoms with Crippen molar-refractivity contribution in [3.63, 3.8) is 0 Å². The van der Waals surface area contributed by atoms with Gasteiger partial charge in [0.05, 0.1) is 18.4 Å². The lowest BCUT2D eigenvalue weighted by atomic mass is 10.1. The minimum absolute atomic E-state index is 0.337. The number of para-hydroxylation sites is 1. The summed E-state index contributed by atoms with van der Waals surface area (Å²) in [7, 11) is 1.32. The highest BCUT2D eigenvalue weighted by atomic mass is 19.1. The predicted molar refractivity (Wildman–Crippen MR) is 67.5 cm³/mol. The molecule has 2 aromatic rings. The second-order valence-corrected chi connectivity index (χ2v) is 3.67. The second-order valence-electron chi connectivity index (χ2n) is 3.67. The van der Waals surface area contributed by atoms with Crippen molar-refractivity contribution in [3.05, 3.63) is 59.9 Å². The van der Waals surface area contributed by atoms with E-state index in [1.165, 1.54) is 19.2 Å². The summed E-state index contributed by atoms with van der Waals surface area (Å²) in [4.78, 5) is 11.6. The molecule has 0 spiro atoms. The zero-order valence-corrected chi connectivity index (χ0v) is 9.81. The van der Waals surface area contributed by atoms with Crippen LogP contribution in [0, 0.1) is 5.82 Å². The Morgan fingerprint density at radius 1 is 1.17 bits per heavy atom. The maximum absolute atomic E-state index is 13.1. The van der Waals surface area contributed by atoms with Crippen LogP contribution in [0.4, 0.5) is 15.8 Å². The molecule has 0 aliphatic rings. The number of rotatable bonds is 3. The predicted octanol–water partition coefficient (Wildman–Crippen LogP) is 3.36. The fraction of sp³-hybridized carbons (Fsp3) is 0.0714. The van der Waals surface area contributed by atoms with Crippen LogP contribution in [0.3, 0.4) is 0 Å². The quantitative estimate of drug-likeness (QED) is 0.843. The van der Waals surface area contributed by atoms with Gasteiger partial charge in [-0.2, -0.15) is 0 Å². The molecule has 0 atom stereocenters. The van der Waals surface area contributed by atoms with Gasteiger partial charge in [0.2, 0.25) is 0 Å². The van der Waals surface area contributed by atoms with Gasteiger partial charge in [-0.05, 0) is 30.3 Å². The molecule has 0 aliphatic carbocycles. The third-order valence-electron chi connectivity index (χ3n) is 2.44. The Balaban J connectivity index is 2.32. The summed E-state index contributed by atoms with van der Waals surface area (Å²) in [6.07, 6.45) is 0. The summed E-state index contributed by atoms with van der Waals surface area (Å²) in [5.74, 6) is -0.773. The van der Waals surface area contributed by atoms with Crippen LogP contribution < -0.4 is 5.32 Å². The van der Waals surface area contributed by atoms with Gasteiger partial charge >= 0.3 is 5.97 Å².